The summed E-state index contributed by atoms with van der Waals surface area (Å²) >= 11 is 1.57. The van der Waals surface area contributed by atoms with Crippen LogP contribution in [0.1, 0.15) is 24.0 Å². The minimum atomic E-state index is -0.259. The van der Waals surface area contributed by atoms with Crippen LogP contribution in [0.25, 0.3) is 16.4 Å². The van der Waals surface area contributed by atoms with Crippen molar-refractivity contribution in [2.45, 2.75) is 13.3 Å². The second kappa shape index (κ2) is 8.55. The van der Waals surface area contributed by atoms with E-state index in [0.717, 1.165) is 30.1 Å². The molecular formula is C18H21N5OS. The lowest BCUT2D eigenvalue weighted by atomic mass is 10.3. The van der Waals surface area contributed by atoms with Crippen LogP contribution >= 0.6 is 11.3 Å². The lowest BCUT2D eigenvalue weighted by molar-refractivity contribution is 0.0943. The Morgan fingerprint density at radius 2 is 1.96 bits per heavy atom. The topological polar surface area (TPSA) is 71.8 Å². The van der Waals surface area contributed by atoms with Crippen LogP contribution < -0.4 is 10.6 Å². The molecule has 2 heterocycles. The van der Waals surface area contributed by atoms with Crippen molar-refractivity contribution < 1.29 is 4.79 Å². The van der Waals surface area contributed by atoms with Crippen molar-refractivity contribution in [2.24, 2.45) is 0 Å². The Labute approximate surface area is 150 Å². The molecule has 0 radical (unpaired) electrons. The molecule has 1 aromatic carbocycles. The van der Waals surface area contributed by atoms with Crippen molar-refractivity contribution in [1.29, 1.82) is 0 Å². The Hall–Kier alpha value is -2.51. The maximum absolute atomic E-state index is 12.4. The minimum absolute atomic E-state index is 0.183. The third-order valence-corrected chi connectivity index (χ3v) is 4.43. The van der Waals surface area contributed by atoms with E-state index in [0.29, 0.717) is 12.4 Å². The Kier molecular flexibility index (Phi) is 5.92. The van der Waals surface area contributed by atoms with Gasteiger partial charge in [-0.3, -0.25) is 4.79 Å². The fourth-order valence-corrected chi connectivity index (χ4v) is 3.07. The third kappa shape index (κ3) is 4.32. The number of aromatic nitrogens is 3. The number of rotatable bonds is 8. The molecule has 2 N–H and O–H groups in total. The van der Waals surface area contributed by atoms with E-state index in [1.165, 1.54) is 0 Å². The van der Waals surface area contributed by atoms with Gasteiger partial charge in [0, 0.05) is 13.1 Å². The lowest BCUT2D eigenvalue weighted by Gasteiger charge is -2.04. The number of hydrogen-bond acceptors (Lipinski definition) is 5. The van der Waals surface area contributed by atoms with E-state index in [4.69, 9.17) is 0 Å². The molecule has 0 atom stereocenters. The van der Waals surface area contributed by atoms with Gasteiger partial charge < -0.3 is 10.6 Å². The molecule has 0 spiro atoms. The van der Waals surface area contributed by atoms with E-state index in [9.17, 15) is 4.79 Å². The first-order chi connectivity index (χ1) is 12.3. The van der Waals surface area contributed by atoms with Gasteiger partial charge in [-0.05, 0) is 36.5 Å². The van der Waals surface area contributed by atoms with Crippen molar-refractivity contribution in [3.8, 4) is 16.4 Å². The maximum atomic E-state index is 12.4. The van der Waals surface area contributed by atoms with Gasteiger partial charge in [-0.15, -0.1) is 16.4 Å². The molecule has 3 aromatic rings. The first kappa shape index (κ1) is 17.3. The Morgan fingerprint density at radius 3 is 2.68 bits per heavy atom. The number of benzene rings is 1. The molecule has 0 bridgehead atoms. The summed E-state index contributed by atoms with van der Waals surface area (Å²) in [5.74, 6) is 0.601. The number of nitrogens with zero attached hydrogens (tertiary/aromatic N) is 3. The van der Waals surface area contributed by atoms with Crippen molar-refractivity contribution in [1.82, 2.24) is 25.4 Å². The van der Waals surface area contributed by atoms with Gasteiger partial charge >= 0.3 is 0 Å². The molecular weight excluding hydrogens is 334 g/mol. The molecule has 0 fully saturated rings. The molecule has 0 saturated carbocycles. The molecule has 0 unspecified atom stereocenters. The van der Waals surface area contributed by atoms with E-state index < -0.39 is 0 Å². The smallest absolute Gasteiger partial charge is 0.291 e. The van der Waals surface area contributed by atoms with E-state index in [1.54, 1.807) is 16.0 Å². The number of thiophene rings is 1. The first-order valence-corrected chi connectivity index (χ1v) is 9.23. The molecule has 0 aliphatic heterocycles. The molecule has 1 amide bonds. The highest BCUT2D eigenvalue weighted by Crippen LogP contribution is 2.25. The van der Waals surface area contributed by atoms with Crippen LogP contribution in [-0.4, -0.2) is 40.3 Å². The fourth-order valence-electron chi connectivity index (χ4n) is 2.37. The summed E-state index contributed by atoms with van der Waals surface area (Å²) in [4.78, 5) is 17.8. The van der Waals surface area contributed by atoms with Gasteiger partial charge in [0.1, 0.15) is 0 Å². The van der Waals surface area contributed by atoms with Gasteiger partial charge in [0.05, 0.1) is 10.6 Å². The van der Waals surface area contributed by atoms with Crippen molar-refractivity contribution in [2.75, 3.05) is 19.6 Å². The van der Waals surface area contributed by atoms with Gasteiger partial charge in [0.25, 0.3) is 5.91 Å². The molecule has 25 heavy (non-hydrogen) atoms. The third-order valence-electron chi connectivity index (χ3n) is 3.57. The minimum Gasteiger partial charge on any atom is -0.348 e. The molecule has 0 aliphatic rings. The predicted octanol–water partition coefficient (Wildman–Crippen LogP) is 2.73. The highest BCUT2D eigenvalue weighted by Gasteiger charge is 2.18. The van der Waals surface area contributed by atoms with Crippen molar-refractivity contribution >= 4 is 17.2 Å². The van der Waals surface area contributed by atoms with Crippen LogP contribution in [0.2, 0.25) is 0 Å². The number of carbonyl (C=O) groups is 1. The Bertz CT molecular complexity index is 798. The van der Waals surface area contributed by atoms with Crippen LogP contribution in [0.5, 0.6) is 0 Å². The highest BCUT2D eigenvalue weighted by molar-refractivity contribution is 7.13. The largest absolute Gasteiger partial charge is 0.348 e. The molecule has 6 nitrogen and oxygen atoms in total. The van der Waals surface area contributed by atoms with E-state index >= 15 is 0 Å². The zero-order valence-corrected chi connectivity index (χ0v) is 14.9. The number of nitrogens with one attached hydrogen (secondary N) is 2. The van der Waals surface area contributed by atoms with E-state index in [-0.39, 0.29) is 11.7 Å². The summed E-state index contributed by atoms with van der Waals surface area (Å²) in [5.41, 5.74) is 0.877. The van der Waals surface area contributed by atoms with Gasteiger partial charge in [0.2, 0.25) is 5.82 Å². The molecule has 3 rings (SSSR count). The van der Waals surface area contributed by atoms with Gasteiger partial charge in [-0.1, -0.05) is 31.2 Å². The SMILES string of the molecule is CCCNCCNC(=O)c1nc(-c2cccs2)n(-c2ccccc2)n1. The summed E-state index contributed by atoms with van der Waals surface area (Å²) in [7, 11) is 0. The van der Waals surface area contributed by atoms with Gasteiger partial charge in [-0.2, -0.15) is 0 Å². The number of para-hydroxylation sites is 1. The standard InChI is InChI=1S/C18H21N5OS/c1-2-10-19-11-12-20-18(24)16-21-17(15-9-6-13-25-15)23(22-16)14-7-4-3-5-8-14/h3-9,13,19H,2,10-12H2,1H3,(H,20,24). The number of hydrogen-bond donors (Lipinski definition) is 2. The van der Waals surface area contributed by atoms with Gasteiger partial charge in [0.15, 0.2) is 5.82 Å². The van der Waals surface area contributed by atoms with Gasteiger partial charge in [-0.25, -0.2) is 9.67 Å². The predicted molar refractivity (Wildman–Crippen MR) is 100 cm³/mol. The zero-order valence-electron chi connectivity index (χ0n) is 14.1. The Morgan fingerprint density at radius 1 is 1.12 bits per heavy atom. The van der Waals surface area contributed by atoms with Crippen LogP contribution in [0, 0.1) is 0 Å². The number of carbonyl (C=O) groups excluding carboxylic acids is 1. The molecule has 130 valence electrons. The van der Waals surface area contributed by atoms with Crippen molar-refractivity contribution in [3.63, 3.8) is 0 Å². The second-order valence-electron chi connectivity index (χ2n) is 5.49. The van der Waals surface area contributed by atoms with Crippen LogP contribution in [0.4, 0.5) is 0 Å². The summed E-state index contributed by atoms with van der Waals surface area (Å²) in [6.45, 7) is 4.33. The first-order valence-electron chi connectivity index (χ1n) is 8.35. The summed E-state index contributed by atoms with van der Waals surface area (Å²) in [6.07, 6.45) is 1.07. The fraction of sp³-hybridized carbons (Fsp3) is 0.278. The monoisotopic (exact) mass is 355 g/mol. The average molecular weight is 355 g/mol. The molecule has 0 saturated heterocycles. The molecule has 2 aromatic heterocycles. The normalized spacial score (nSPS) is 10.8. The second-order valence-corrected chi connectivity index (χ2v) is 6.44. The van der Waals surface area contributed by atoms with Crippen LogP contribution in [-0.2, 0) is 0 Å². The zero-order chi connectivity index (χ0) is 17.5. The Balaban J connectivity index is 1.80. The summed E-state index contributed by atoms with van der Waals surface area (Å²) < 4.78 is 1.72. The van der Waals surface area contributed by atoms with Crippen molar-refractivity contribution in [3.05, 3.63) is 53.7 Å². The maximum Gasteiger partial charge on any atom is 0.291 e. The van der Waals surface area contributed by atoms with E-state index in [2.05, 4.69) is 27.6 Å². The van der Waals surface area contributed by atoms with Crippen LogP contribution in [0.15, 0.2) is 47.8 Å². The molecule has 0 aliphatic carbocycles. The highest BCUT2D eigenvalue weighted by atomic mass is 32.1. The average Bonchev–Trinajstić information content (AvgIpc) is 3.31. The molecule has 7 heteroatoms. The number of amides is 1. The quantitative estimate of drug-likeness (QED) is 0.610. The summed E-state index contributed by atoms with van der Waals surface area (Å²) in [5, 5.41) is 12.5. The summed E-state index contributed by atoms with van der Waals surface area (Å²) in [6, 6.07) is 13.7. The lowest BCUT2D eigenvalue weighted by Crippen LogP contribution is -2.32. The van der Waals surface area contributed by atoms with E-state index in [1.807, 2.05) is 47.8 Å². The van der Waals surface area contributed by atoms with Crippen LogP contribution in [0.3, 0.4) is 0 Å².